The summed E-state index contributed by atoms with van der Waals surface area (Å²) >= 11 is 0. The van der Waals surface area contributed by atoms with E-state index < -0.39 is 0 Å². The first kappa shape index (κ1) is 13.7. The average molecular weight is 237 g/mol. The second-order valence-electron chi connectivity index (χ2n) is 4.07. The van der Waals surface area contributed by atoms with Gasteiger partial charge in [0.1, 0.15) is 17.5 Å². The lowest BCUT2D eigenvalue weighted by molar-refractivity contribution is 0.708. The van der Waals surface area contributed by atoms with Crippen LogP contribution in [0.3, 0.4) is 0 Å². The normalized spacial score (nSPS) is 10.4. The maximum absolute atomic E-state index is 4.45. The summed E-state index contributed by atoms with van der Waals surface area (Å²) in [6.07, 6.45) is 1.10. The highest BCUT2D eigenvalue weighted by atomic mass is 15.2. The maximum Gasteiger partial charge on any atom is 0.134 e. The second kappa shape index (κ2) is 7.06. The van der Waals surface area contributed by atoms with Gasteiger partial charge in [-0.2, -0.15) is 0 Å². The van der Waals surface area contributed by atoms with Crippen LogP contribution in [0.15, 0.2) is 6.07 Å². The van der Waals surface area contributed by atoms with Crippen LogP contribution < -0.4 is 15.5 Å². The van der Waals surface area contributed by atoms with Gasteiger partial charge in [0.05, 0.1) is 0 Å². The molecule has 5 nitrogen and oxygen atoms in total. The Hall–Kier alpha value is -1.36. The van der Waals surface area contributed by atoms with Crippen LogP contribution >= 0.6 is 0 Å². The molecular weight excluding hydrogens is 214 g/mol. The number of aryl methyl sites for hydroxylation is 1. The first-order valence-corrected chi connectivity index (χ1v) is 6.12. The summed E-state index contributed by atoms with van der Waals surface area (Å²) in [6, 6.07) is 2.00. The first-order chi connectivity index (χ1) is 8.17. The lowest BCUT2D eigenvalue weighted by Gasteiger charge is -2.19. The second-order valence-corrected chi connectivity index (χ2v) is 4.07. The number of hydrogen-bond acceptors (Lipinski definition) is 5. The van der Waals surface area contributed by atoms with E-state index in [4.69, 9.17) is 0 Å². The molecule has 0 atom stereocenters. The summed E-state index contributed by atoms with van der Waals surface area (Å²) in [5.41, 5.74) is 0. The zero-order valence-corrected chi connectivity index (χ0v) is 11.2. The van der Waals surface area contributed by atoms with Gasteiger partial charge < -0.3 is 15.5 Å². The molecule has 2 N–H and O–H groups in total. The summed E-state index contributed by atoms with van der Waals surface area (Å²) in [6.45, 7) is 6.87. The van der Waals surface area contributed by atoms with Crippen LogP contribution in [0.5, 0.6) is 0 Å². The molecule has 17 heavy (non-hydrogen) atoms. The van der Waals surface area contributed by atoms with Gasteiger partial charge in [-0.1, -0.05) is 0 Å². The first-order valence-electron chi connectivity index (χ1n) is 6.12. The number of nitrogens with zero attached hydrogens (tertiary/aromatic N) is 3. The third-order valence-corrected chi connectivity index (χ3v) is 2.49. The van der Waals surface area contributed by atoms with Crippen molar-refractivity contribution in [2.45, 2.75) is 20.3 Å². The van der Waals surface area contributed by atoms with E-state index in [0.717, 1.165) is 43.5 Å². The van der Waals surface area contributed by atoms with E-state index in [2.05, 4.69) is 39.5 Å². The molecule has 0 aliphatic heterocycles. The van der Waals surface area contributed by atoms with E-state index in [1.807, 2.05) is 20.0 Å². The van der Waals surface area contributed by atoms with E-state index >= 15 is 0 Å². The van der Waals surface area contributed by atoms with Crippen molar-refractivity contribution in [1.82, 2.24) is 15.3 Å². The molecule has 0 fully saturated rings. The minimum absolute atomic E-state index is 0.805. The quantitative estimate of drug-likeness (QED) is 0.699. The van der Waals surface area contributed by atoms with Crippen molar-refractivity contribution in [3.8, 4) is 0 Å². The molecule has 0 bridgehead atoms. The van der Waals surface area contributed by atoms with Gasteiger partial charge in [-0.15, -0.1) is 0 Å². The molecule has 0 saturated heterocycles. The fourth-order valence-electron chi connectivity index (χ4n) is 1.63. The Bertz CT molecular complexity index is 340. The topological polar surface area (TPSA) is 53.1 Å². The summed E-state index contributed by atoms with van der Waals surface area (Å²) in [4.78, 5) is 10.9. The molecule has 0 spiro atoms. The molecule has 0 saturated carbocycles. The predicted octanol–water partition coefficient (Wildman–Crippen LogP) is 1.26. The van der Waals surface area contributed by atoms with Crippen molar-refractivity contribution in [3.63, 3.8) is 0 Å². The van der Waals surface area contributed by atoms with E-state index in [1.54, 1.807) is 0 Å². The predicted molar refractivity (Wildman–Crippen MR) is 72.7 cm³/mol. The molecule has 1 heterocycles. The van der Waals surface area contributed by atoms with Gasteiger partial charge in [-0.05, 0) is 33.9 Å². The zero-order valence-electron chi connectivity index (χ0n) is 11.2. The molecule has 0 amide bonds. The van der Waals surface area contributed by atoms with Crippen molar-refractivity contribution in [2.75, 3.05) is 43.9 Å². The molecule has 0 aliphatic carbocycles. The van der Waals surface area contributed by atoms with Crippen LogP contribution in [0.25, 0.3) is 0 Å². The number of anilines is 2. The molecule has 1 aromatic heterocycles. The van der Waals surface area contributed by atoms with Crippen molar-refractivity contribution < 1.29 is 0 Å². The van der Waals surface area contributed by atoms with E-state index in [1.165, 1.54) is 0 Å². The fraction of sp³-hybridized carbons (Fsp3) is 0.667. The SMILES string of the molecule is CCNc1cc(N(C)CCCNC)nc(C)n1. The zero-order chi connectivity index (χ0) is 12.7. The van der Waals surface area contributed by atoms with Crippen molar-refractivity contribution >= 4 is 11.6 Å². The number of nitrogens with one attached hydrogen (secondary N) is 2. The highest BCUT2D eigenvalue weighted by Crippen LogP contribution is 2.14. The molecule has 1 aromatic rings. The van der Waals surface area contributed by atoms with Crippen molar-refractivity contribution in [1.29, 1.82) is 0 Å². The molecular formula is C12H23N5. The fourth-order valence-corrected chi connectivity index (χ4v) is 1.63. The van der Waals surface area contributed by atoms with Gasteiger partial charge >= 0.3 is 0 Å². The smallest absolute Gasteiger partial charge is 0.134 e. The number of hydrogen-bond donors (Lipinski definition) is 2. The Morgan fingerprint density at radius 3 is 2.76 bits per heavy atom. The standard InChI is InChI=1S/C12H23N5/c1-5-14-11-9-12(16-10(2)15-11)17(4)8-6-7-13-3/h9,13H,5-8H2,1-4H3,(H,14,15,16). The Balaban J connectivity index is 2.67. The third kappa shape index (κ3) is 4.56. The van der Waals surface area contributed by atoms with Crippen LogP contribution in [0.2, 0.25) is 0 Å². The molecule has 5 heteroatoms. The van der Waals surface area contributed by atoms with E-state index in [0.29, 0.717) is 0 Å². The van der Waals surface area contributed by atoms with Gasteiger partial charge in [0.15, 0.2) is 0 Å². The van der Waals surface area contributed by atoms with Gasteiger partial charge in [-0.3, -0.25) is 0 Å². The maximum atomic E-state index is 4.45. The lowest BCUT2D eigenvalue weighted by atomic mass is 10.3. The lowest BCUT2D eigenvalue weighted by Crippen LogP contribution is -2.23. The summed E-state index contributed by atoms with van der Waals surface area (Å²) < 4.78 is 0. The van der Waals surface area contributed by atoms with E-state index in [-0.39, 0.29) is 0 Å². The molecule has 96 valence electrons. The van der Waals surface area contributed by atoms with Gasteiger partial charge in [-0.25, -0.2) is 9.97 Å². The van der Waals surface area contributed by atoms with Crippen molar-refractivity contribution in [2.24, 2.45) is 0 Å². The highest BCUT2D eigenvalue weighted by Gasteiger charge is 2.05. The van der Waals surface area contributed by atoms with E-state index in [9.17, 15) is 0 Å². The Kier molecular flexibility index (Phi) is 5.69. The largest absolute Gasteiger partial charge is 0.370 e. The van der Waals surface area contributed by atoms with Crippen molar-refractivity contribution in [3.05, 3.63) is 11.9 Å². The van der Waals surface area contributed by atoms with Crippen LogP contribution in [0.4, 0.5) is 11.6 Å². The Labute approximate surface area is 104 Å². The molecule has 0 unspecified atom stereocenters. The van der Waals surface area contributed by atoms with Crippen LogP contribution in [0.1, 0.15) is 19.2 Å². The Morgan fingerprint density at radius 2 is 2.12 bits per heavy atom. The monoisotopic (exact) mass is 237 g/mol. The minimum Gasteiger partial charge on any atom is -0.370 e. The van der Waals surface area contributed by atoms with Crippen LogP contribution in [-0.2, 0) is 0 Å². The molecule has 0 aromatic carbocycles. The van der Waals surface area contributed by atoms with Crippen LogP contribution in [-0.4, -0.2) is 43.7 Å². The number of aromatic nitrogens is 2. The summed E-state index contributed by atoms with van der Waals surface area (Å²) in [5, 5.41) is 6.37. The number of rotatable bonds is 7. The van der Waals surface area contributed by atoms with Gasteiger partial charge in [0.2, 0.25) is 0 Å². The molecule has 0 aliphatic rings. The molecule has 0 radical (unpaired) electrons. The Morgan fingerprint density at radius 1 is 1.35 bits per heavy atom. The van der Waals surface area contributed by atoms with Gasteiger partial charge in [0, 0.05) is 26.2 Å². The molecule has 1 rings (SSSR count). The average Bonchev–Trinajstić information content (AvgIpc) is 2.29. The highest BCUT2D eigenvalue weighted by molar-refractivity contribution is 5.48. The summed E-state index contributed by atoms with van der Waals surface area (Å²) in [7, 11) is 4.03. The van der Waals surface area contributed by atoms with Crippen LogP contribution in [0, 0.1) is 6.92 Å². The third-order valence-electron chi connectivity index (χ3n) is 2.49. The summed E-state index contributed by atoms with van der Waals surface area (Å²) in [5.74, 6) is 2.68. The van der Waals surface area contributed by atoms with Gasteiger partial charge in [0.25, 0.3) is 0 Å². The minimum atomic E-state index is 0.805.